The number of carbonyl (C=O) groups excluding carboxylic acids is 1. The zero-order valence-electron chi connectivity index (χ0n) is 13.9. The van der Waals surface area contributed by atoms with Gasteiger partial charge in [0.2, 0.25) is 5.89 Å². The Labute approximate surface area is 136 Å². The van der Waals surface area contributed by atoms with E-state index in [2.05, 4.69) is 4.98 Å². The van der Waals surface area contributed by atoms with Crippen LogP contribution in [0.3, 0.4) is 0 Å². The van der Waals surface area contributed by atoms with Crippen molar-refractivity contribution >= 4 is 11.7 Å². The second-order valence-electron chi connectivity index (χ2n) is 6.31. The van der Waals surface area contributed by atoms with Crippen molar-refractivity contribution in [1.82, 2.24) is 4.98 Å². The molecule has 0 radical (unpaired) electrons. The maximum Gasteiger partial charge on any atom is 0.353 e. The second-order valence-corrected chi connectivity index (χ2v) is 6.31. The SMILES string of the molecule is CC[C@@H](C(=N)C(=O)OC(C)(C)C)c1nc(-c2ccccc2)co1. The van der Waals surface area contributed by atoms with Gasteiger partial charge in [-0.3, -0.25) is 5.41 Å². The van der Waals surface area contributed by atoms with Crippen LogP contribution < -0.4 is 0 Å². The molecule has 1 atom stereocenters. The molecule has 0 amide bonds. The van der Waals surface area contributed by atoms with E-state index in [1.807, 2.05) is 37.3 Å². The van der Waals surface area contributed by atoms with E-state index in [0.29, 0.717) is 18.0 Å². The van der Waals surface area contributed by atoms with Crippen molar-refractivity contribution in [2.45, 2.75) is 45.6 Å². The summed E-state index contributed by atoms with van der Waals surface area (Å²) < 4.78 is 10.8. The molecule has 0 unspecified atom stereocenters. The van der Waals surface area contributed by atoms with Crippen LogP contribution in [0, 0.1) is 5.41 Å². The number of hydrogen-bond donors (Lipinski definition) is 1. The van der Waals surface area contributed by atoms with Crippen LogP contribution in [0.5, 0.6) is 0 Å². The lowest BCUT2D eigenvalue weighted by atomic mass is 10.00. The van der Waals surface area contributed by atoms with E-state index < -0.39 is 17.5 Å². The molecule has 0 saturated carbocycles. The Balaban J connectivity index is 2.20. The van der Waals surface area contributed by atoms with Gasteiger partial charge in [0.25, 0.3) is 0 Å². The molecule has 0 saturated heterocycles. The Hall–Kier alpha value is -2.43. The highest BCUT2D eigenvalue weighted by Gasteiger charge is 2.29. The fourth-order valence-corrected chi connectivity index (χ4v) is 2.17. The molecule has 1 heterocycles. The van der Waals surface area contributed by atoms with Gasteiger partial charge in [-0.25, -0.2) is 9.78 Å². The van der Waals surface area contributed by atoms with Crippen molar-refractivity contribution in [3.05, 3.63) is 42.5 Å². The van der Waals surface area contributed by atoms with Crippen LogP contribution >= 0.6 is 0 Å². The number of hydrogen-bond acceptors (Lipinski definition) is 5. The minimum Gasteiger partial charge on any atom is -0.455 e. The number of rotatable bonds is 5. The van der Waals surface area contributed by atoms with Gasteiger partial charge in [0.1, 0.15) is 23.3 Å². The van der Waals surface area contributed by atoms with Gasteiger partial charge in [-0.2, -0.15) is 0 Å². The predicted octanol–water partition coefficient (Wildman–Crippen LogP) is 4.20. The third-order valence-corrected chi connectivity index (χ3v) is 3.27. The molecule has 122 valence electrons. The standard InChI is InChI=1S/C18H22N2O3/c1-5-13(15(19)17(21)23-18(2,3)4)16-20-14(11-22-16)12-9-7-6-8-10-12/h6-11,13,19H,5H2,1-4H3/t13-/m0/s1. The molecule has 1 aromatic heterocycles. The number of ether oxygens (including phenoxy) is 1. The number of oxazole rings is 1. The average molecular weight is 314 g/mol. The Bertz CT molecular complexity index is 684. The van der Waals surface area contributed by atoms with Gasteiger partial charge in [0.05, 0.1) is 5.92 Å². The van der Waals surface area contributed by atoms with E-state index in [9.17, 15) is 4.79 Å². The number of aromatic nitrogens is 1. The molecule has 1 aromatic carbocycles. The molecule has 0 aliphatic carbocycles. The Morgan fingerprint density at radius 2 is 1.96 bits per heavy atom. The van der Waals surface area contributed by atoms with Crippen LogP contribution in [0.4, 0.5) is 0 Å². The van der Waals surface area contributed by atoms with Gasteiger partial charge in [0, 0.05) is 5.56 Å². The van der Waals surface area contributed by atoms with E-state index in [1.54, 1.807) is 27.0 Å². The summed E-state index contributed by atoms with van der Waals surface area (Å²) in [7, 11) is 0. The number of esters is 1. The number of nitrogens with zero attached hydrogens (tertiary/aromatic N) is 1. The third kappa shape index (κ3) is 4.28. The van der Waals surface area contributed by atoms with Crippen LogP contribution in [0.1, 0.15) is 45.9 Å². The molecule has 0 aliphatic rings. The van der Waals surface area contributed by atoms with Crippen LogP contribution in [0.2, 0.25) is 0 Å². The summed E-state index contributed by atoms with van der Waals surface area (Å²) in [6.45, 7) is 7.21. The predicted molar refractivity (Wildman–Crippen MR) is 88.5 cm³/mol. The van der Waals surface area contributed by atoms with Gasteiger partial charge < -0.3 is 9.15 Å². The van der Waals surface area contributed by atoms with Crippen LogP contribution in [0.25, 0.3) is 11.3 Å². The highest BCUT2D eigenvalue weighted by Crippen LogP contribution is 2.26. The van der Waals surface area contributed by atoms with E-state index in [1.165, 1.54) is 0 Å². The van der Waals surface area contributed by atoms with Crippen LogP contribution in [0.15, 0.2) is 41.0 Å². The largest absolute Gasteiger partial charge is 0.455 e. The maximum absolute atomic E-state index is 12.1. The molecule has 0 aliphatic heterocycles. The molecule has 5 heteroatoms. The second kappa shape index (κ2) is 6.77. The molecule has 2 rings (SSSR count). The molecule has 23 heavy (non-hydrogen) atoms. The lowest BCUT2D eigenvalue weighted by molar-refractivity contribution is -0.146. The van der Waals surface area contributed by atoms with E-state index in [0.717, 1.165) is 5.56 Å². The molecule has 1 N–H and O–H groups in total. The first-order chi connectivity index (χ1) is 10.8. The average Bonchev–Trinajstić information content (AvgIpc) is 2.97. The Morgan fingerprint density at radius 1 is 1.30 bits per heavy atom. The minimum absolute atomic E-state index is 0.135. The maximum atomic E-state index is 12.1. The lowest BCUT2D eigenvalue weighted by Crippen LogP contribution is -2.31. The first-order valence-corrected chi connectivity index (χ1v) is 7.64. The highest BCUT2D eigenvalue weighted by molar-refractivity contribution is 6.37. The summed E-state index contributed by atoms with van der Waals surface area (Å²) in [5.41, 5.74) is 0.856. The summed E-state index contributed by atoms with van der Waals surface area (Å²) in [5, 5.41) is 8.11. The summed E-state index contributed by atoms with van der Waals surface area (Å²) in [6.07, 6.45) is 2.09. The molecule has 0 fully saturated rings. The van der Waals surface area contributed by atoms with Crippen molar-refractivity contribution in [1.29, 1.82) is 5.41 Å². The number of benzene rings is 1. The smallest absolute Gasteiger partial charge is 0.353 e. The first-order valence-electron chi connectivity index (χ1n) is 7.64. The van der Waals surface area contributed by atoms with Crippen LogP contribution in [-0.4, -0.2) is 22.3 Å². The fraction of sp³-hybridized carbons (Fsp3) is 0.389. The quantitative estimate of drug-likeness (QED) is 0.663. The van der Waals surface area contributed by atoms with Crippen LogP contribution in [-0.2, 0) is 9.53 Å². The van der Waals surface area contributed by atoms with E-state index >= 15 is 0 Å². The van der Waals surface area contributed by atoms with Gasteiger partial charge in [-0.1, -0.05) is 37.3 Å². The normalized spacial score (nSPS) is 12.7. The molecule has 5 nitrogen and oxygen atoms in total. The van der Waals surface area contributed by atoms with Gasteiger partial charge in [-0.05, 0) is 27.2 Å². The summed E-state index contributed by atoms with van der Waals surface area (Å²) in [5.74, 6) is -0.784. The van der Waals surface area contributed by atoms with Gasteiger partial charge in [-0.15, -0.1) is 0 Å². The lowest BCUT2D eigenvalue weighted by Gasteiger charge is -2.21. The molecular formula is C18H22N2O3. The monoisotopic (exact) mass is 314 g/mol. The van der Waals surface area contributed by atoms with Gasteiger partial charge in [0.15, 0.2) is 0 Å². The highest BCUT2D eigenvalue weighted by atomic mass is 16.6. The van der Waals surface area contributed by atoms with Crippen molar-refractivity contribution in [3.8, 4) is 11.3 Å². The summed E-state index contributed by atoms with van der Waals surface area (Å²) >= 11 is 0. The first kappa shape index (κ1) is 16.9. The van der Waals surface area contributed by atoms with E-state index in [-0.39, 0.29) is 5.71 Å². The van der Waals surface area contributed by atoms with Crippen molar-refractivity contribution < 1.29 is 13.9 Å². The topological polar surface area (TPSA) is 76.2 Å². The Morgan fingerprint density at radius 3 is 2.52 bits per heavy atom. The zero-order chi connectivity index (χ0) is 17.0. The summed E-state index contributed by atoms with van der Waals surface area (Å²) in [4.78, 5) is 16.5. The third-order valence-electron chi connectivity index (χ3n) is 3.27. The molecule has 2 aromatic rings. The Kier molecular flexibility index (Phi) is 4.98. The number of nitrogens with one attached hydrogen (secondary N) is 1. The molecular weight excluding hydrogens is 292 g/mol. The molecule has 0 bridgehead atoms. The van der Waals surface area contributed by atoms with Crippen molar-refractivity contribution in [2.75, 3.05) is 0 Å². The van der Waals surface area contributed by atoms with Crippen molar-refractivity contribution in [2.24, 2.45) is 0 Å². The number of carbonyl (C=O) groups is 1. The van der Waals surface area contributed by atoms with Crippen molar-refractivity contribution in [3.63, 3.8) is 0 Å². The zero-order valence-corrected chi connectivity index (χ0v) is 13.9. The van der Waals surface area contributed by atoms with Gasteiger partial charge >= 0.3 is 5.97 Å². The molecule has 0 spiro atoms. The summed E-state index contributed by atoms with van der Waals surface area (Å²) in [6, 6.07) is 9.63. The van der Waals surface area contributed by atoms with E-state index in [4.69, 9.17) is 14.6 Å². The minimum atomic E-state index is -0.635. The fourth-order valence-electron chi connectivity index (χ4n) is 2.17.